The highest BCUT2D eigenvalue weighted by Gasteiger charge is 2.33. The van der Waals surface area contributed by atoms with E-state index < -0.39 is 0 Å². The van der Waals surface area contributed by atoms with Crippen LogP contribution in [0.3, 0.4) is 0 Å². The van der Waals surface area contributed by atoms with E-state index in [0.29, 0.717) is 18.9 Å². The summed E-state index contributed by atoms with van der Waals surface area (Å²) in [6, 6.07) is 17.4. The summed E-state index contributed by atoms with van der Waals surface area (Å²) in [6.07, 6.45) is 2.27. The standard InChI is InChI=1S/C19H17N3O2/c20-18(23)17-10-14-8-4-5-9-16(14)22(17)11-15-12-24-19(21-15)13-6-2-1-3-7-13/h1-9,12,17H,10-11H2,(H2,20,23)/t17-/m0/s1. The number of carbonyl (C=O) groups excluding carboxylic acids is 1. The quantitative estimate of drug-likeness (QED) is 0.802. The highest BCUT2D eigenvalue weighted by Crippen LogP contribution is 2.33. The smallest absolute Gasteiger partial charge is 0.240 e. The Morgan fingerprint density at radius 3 is 2.71 bits per heavy atom. The summed E-state index contributed by atoms with van der Waals surface area (Å²) in [4.78, 5) is 18.4. The van der Waals surface area contributed by atoms with Gasteiger partial charge in [-0.15, -0.1) is 0 Å². The second-order valence-corrected chi connectivity index (χ2v) is 5.89. The third-order valence-electron chi connectivity index (χ3n) is 4.32. The van der Waals surface area contributed by atoms with Crippen LogP contribution in [-0.4, -0.2) is 16.9 Å². The van der Waals surface area contributed by atoms with Gasteiger partial charge in [-0.25, -0.2) is 4.98 Å². The number of carbonyl (C=O) groups is 1. The Morgan fingerprint density at radius 1 is 1.17 bits per heavy atom. The van der Waals surface area contributed by atoms with Crippen LogP contribution in [0.2, 0.25) is 0 Å². The molecule has 0 spiro atoms. The van der Waals surface area contributed by atoms with Crippen molar-refractivity contribution in [2.24, 2.45) is 5.73 Å². The first-order valence-corrected chi connectivity index (χ1v) is 7.86. The van der Waals surface area contributed by atoms with Crippen molar-refractivity contribution in [1.82, 2.24) is 4.98 Å². The van der Waals surface area contributed by atoms with Gasteiger partial charge >= 0.3 is 0 Å². The zero-order valence-electron chi connectivity index (χ0n) is 13.1. The molecule has 1 atom stereocenters. The van der Waals surface area contributed by atoms with Crippen molar-refractivity contribution in [3.8, 4) is 11.5 Å². The van der Waals surface area contributed by atoms with Crippen LogP contribution in [-0.2, 0) is 17.8 Å². The molecule has 0 saturated heterocycles. The summed E-state index contributed by atoms with van der Waals surface area (Å²) in [5.41, 5.74) is 9.46. The molecule has 2 heterocycles. The van der Waals surface area contributed by atoms with E-state index in [1.165, 1.54) is 0 Å². The number of benzene rings is 2. The van der Waals surface area contributed by atoms with Crippen molar-refractivity contribution in [3.05, 3.63) is 72.1 Å². The van der Waals surface area contributed by atoms with Gasteiger partial charge in [0.15, 0.2) is 0 Å². The van der Waals surface area contributed by atoms with Gasteiger partial charge in [0.25, 0.3) is 0 Å². The minimum Gasteiger partial charge on any atom is -0.444 e. The molecule has 5 nitrogen and oxygen atoms in total. The van der Waals surface area contributed by atoms with Gasteiger partial charge in [-0.2, -0.15) is 0 Å². The Kier molecular flexibility index (Phi) is 3.54. The second kappa shape index (κ2) is 5.85. The number of hydrogen-bond acceptors (Lipinski definition) is 4. The van der Waals surface area contributed by atoms with Crippen LogP contribution >= 0.6 is 0 Å². The number of anilines is 1. The van der Waals surface area contributed by atoms with Crippen molar-refractivity contribution >= 4 is 11.6 Å². The number of amides is 1. The summed E-state index contributed by atoms with van der Waals surface area (Å²) in [7, 11) is 0. The Hall–Kier alpha value is -3.08. The Bertz CT molecular complexity index is 873. The molecule has 24 heavy (non-hydrogen) atoms. The molecule has 1 aliphatic heterocycles. The van der Waals surface area contributed by atoms with E-state index in [1.807, 2.05) is 59.5 Å². The molecule has 0 fully saturated rings. The van der Waals surface area contributed by atoms with Gasteiger partial charge in [0.1, 0.15) is 12.3 Å². The van der Waals surface area contributed by atoms with Gasteiger partial charge in [-0.3, -0.25) is 4.79 Å². The molecular formula is C19H17N3O2. The van der Waals surface area contributed by atoms with Gasteiger partial charge in [-0.1, -0.05) is 36.4 Å². The zero-order chi connectivity index (χ0) is 16.5. The van der Waals surface area contributed by atoms with Gasteiger partial charge in [-0.05, 0) is 23.8 Å². The van der Waals surface area contributed by atoms with Crippen LogP contribution in [0.25, 0.3) is 11.5 Å². The molecule has 0 aliphatic carbocycles. The van der Waals surface area contributed by atoms with Crippen LogP contribution in [0, 0.1) is 0 Å². The molecule has 1 amide bonds. The summed E-state index contributed by atoms with van der Waals surface area (Å²) in [5, 5.41) is 0. The van der Waals surface area contributed by atoms with Gasteiger partial charge in [0.2, 0.25) is 11.8 Å². The monoisotopic (exact) mass is 319 g/mol. The average Bonchev–Trinajstić information content (AvgIpc) is 3.21. The van der Waals surface area contributed by atoms with Crippen molar-refractivity contribution in [3.63, 3.8) is 0 Å². The molecular weight excluding hydrogens is 302 g/mol. The fraction of sp³-hybridized carbons (Fsp3) is 0.158. The topological polar surface area (TPSA) is 72.4 Å². The van der Waals surface area contributed by atoms with Crippen molar-refractivity contribution in [2.45, 2.75) is 19.0 Å². The van der Waals surface area contributed by atoms with Crippen molar-refractivity contribution < 1.29 is 9.21 Å². The zero-order valence-corrected chi connectivity index (χ0v) is 13.1. The lowest BCUT2D eigenvalue weighted by molar-refractivity contribution is -0.119. The number of nitrogens with two attached hydrogens (primary N) is 1. The Morgan fingerprint density at radius 2 is 1.92 bits per heavy atom. The van der Waals surface area contributed by atoms with E-state index >= 15 is 0 Å². The number of fused-ring (bicyclic) bond motifs is 1. The SMILES string of the molecule is NC(=O)[C@@H]1Cc2ccccc2N1Cc1coc(-c2ccccc2)n1. The Balaban J connectivity index is 1.62. The third-order valence-corrected chi connectivity index (χ3v) is 4.32. The third kappa shape index (κ3) is 2.54. The summed E-state index contributed by atoms with van der Waals surface area (Å²) >= 11 is 0. The molecule has 0 unspecified atom stereocenters. The molecule has 0 radical (unpaired) electrons. The molecule has 4 rings (SSSR count). The van der Waals surface area contributed by atoms with Gasteiger partial charge in [0, 0.05) is 17.7 Å². The summed E-state index contributed by atoms with van der Waals surface area (Å²) < 4.78 is 5.59. The lowest BCUT2D eigenvalue weighted by Crippen LogP contribution is -2.42. The highest BCUT2D eigenvalue weighted by atomic mass is 16.3. The predicted molar refractivity (Wildman–Crippen MR) is 91.3 cm³/mol. The number of hydrogen-bond donors (Lipinski definition) is 1. The predicted octanol–water partition coefficient (Wildman–Crippen LogP) is 2.76. The molecule has 0 saturated carbocycles. The van der Waals surface area contributed by atoms with Crippen molar-refractivity contribution in [2.75, 3.05) is 4.90 Å². The maximum Gasteiger partial charge on any atom is 0.240 e. The van der Waals surface area contributed by atoms with Crippen LogP contribution in [0.1, 0.15) is 11.3 Å². The van der Waals surface area contributed by atoms with Crippen molar-refractivity contribution in [1.29, 1.82) is 0 Å². The fourth-order valence-corrected chi connectivity index (χ4v) is 3.17. The maximum atomic E-state index is 11.8. The minimum absolute atomic E-state index is 0.321. The molecule has 3 aromatic rings. The van der Waals surface area contributed by atoms with E-state index in [0.717, 1.165) is 22.5 Å². The first kappa shape index (κ1) is 14.5. The normalized spacial score (nSPS) is 16.2. The number of para-hydroxylation sites is 1. The molecule has 0 bridgehead atoms. The van der Waals surface area contributed by atoms with E-state index in [9.17, 15) is 4.79 Å². The molecule has 2 aromatic carbocycles. The van der Waals surface area contributed by atoms with Crippen LogP contribution in [0.4, 0.5) is 5.69 Å². The molecule has 2 N–H and O–H groups in total. The molecule has 1 aromatic heterocycles. The first-order valence-electron chi connectivity index (χ1n) is 7.86. The first-order chi connectivity index (χ1) is 11.7. The van der Waals surface area contributed by atoms with E-state index in [-0.39, 0.29) is 11.9 Å². The maximum absolute atomic E-state index is 11.8. The van der Waals surface area contributed by atoms with Gasteiger partial charge < -0.3 is 15.1 Å². The highest BCUT2D eigenvalue weighted by molar-refractivity contribution is 5.86. The van der Waals surface area contributed by atoms with E-state index in [1.54, 1.807) is 6.26 Å². The second-order valence-electron chi connectivity index (χ2n) is 5.89. The summed E-state index contributed by atoms with van der Waals surface area (Å²) in [5.74, 6) is 0.256. The number of oxazole rings is 1. The number of rotatable bonds is 4. The van der Waals surface area contributed by atoms with E-state index in [2.05, 4.69) is 4.98 Å². The van der Waals surface area contributed by atoms with Gasteiger partial charge in [0.05, 0.1) is 12.2 Å². The van der Waals surface area contributed by atoms with Crippen LogP contribution in [0.15, 0.2) is 65.3 Å². The van der Waals surface area contributed by atoms with Crippen LogP contribution in [0.5, 0.6) is 0 Å². The van der Waals surface area contributed by atoms with Crippen LogP contribution < -0.4 is 10.6 Å². The lowest BCUT2D eigenvalue weighted by Gasteiger charge is -2.24. The molecule has 1 aliphatic rings. The fourth-order valence-electron chi connectivity index (χ4n) is 3.17. The largest absolute Gasteiger partial charge is 0.444 e. The number of nitrogens with zero attached hydrogens (tertiary/aromatic N) is 2. The molecule has 120 valence electrons. The molecule has 5 heteroatoms. The minimum atomic E-state index is -0.348. The number of aromatic nitrogens is 1. The average molecular weight is 319 g/mol. The number of primary amides is 1. The Labute approximate surface area is 139 Å². The lowest BCUT2D eigenvalue weighted by atomic mass is 10.1. The summed E-state index contributed by atoms with van der Waals surface area (Å²) in [6.45, 7) is 0.487. The van der Waals surface area contributed by atoms with E-state index in [4.69, 9.17) is 10.2 Å².